The second-order valence-electron chi connectivity index (χ2n) is 9.18. The normalized spacial score (nSPS) is 12.2. The molecule has 0 bridgehead atoms. The molecule has 0 aliphatic rings. The van der Waals surface area contributed by atoms with Crippen LogP contribution in [0.3, 0.4) is 0 Å². The summed E-state index contributed by atoms with van der Waals surface area (Å²) in [5, 5.41) is 2.88. The maximum atomic E-state index is 13.7. The lowest BCUT2D eigenvalue weighted by molar-refractivity contribution is -0.139. The number of amides is 2. The van der Waals surface area contributed by atoms with Gasteiger partial charge in [-0.15, -0.1) is 0 Å². The zero-order chi connectivity index (χ0) is 26.9. The predicted octanol–water partition coefficient (Wildman–Crippen LogP) is 3.92. The summed E-state index contributed by atoms with van der Waals surface area (Å²) in [5.41, 5.74) is 2.05. The van der Waals surface area contributed by atoms with E-state index in [0.717, 1.165) is 34.5 Å². The number of para-hydroxylation sites is 1. The van der Waals surface area contributed by atoms with Crippen LogP contribution in [0.25, 0.3) is 0 Å². The van der Waals surface area contributed by atoms with Crippen LogP contribution in [0, 0.1) is 0 Å². The summed E-state index contributed by atoms with van der Waals surface area (Å²) in [6, 6.07) is 13.6. The van der Waals surface area contributed by atoms with Crippen LogP contribution in [-0.4, -0.2) is 57.6 Å². The number of anilines is 1. The number of ether oxygens (including phenoxy) is 1. The third-order valence-corrected chi connectivity index (χ3v) is 7.12. The fourth-order valence-corrected chi connectivity index (χ4v) is 4.75. The van der Waals surface area contributed by atoms with E-state index in [4.69, 9.17) is 4.74 Å². The Morgan fingerprint density at radius 3 is 2.36 bits per heavy atom. The van der Waals surface area contributed by atoms with Crippen LogP contribution < -0.4 is 14.4 Å². The zero-order valence-electron chi connectivity index (χ0n) is 22.2. The second-order valence-corrected chi connectivity index (χ2v) is 11.1. The van der Waals surface area contributed by atoms with E-state index in [1.54, 1.807) is 38.3 Å². The third kappa shape index (κ3) is 7.98. The SMILES string of the molecule is CCCCNC(=O)[C@H](C)N(Cc1cccc(OC)c1)C(=O)CN(c1ccccc1C(C)C)S(C)(=O)=O. The summed E-state index contributed by atoms with van der Waals surface area (Å²) in [7, 11) is -2.23. The van der Waals surface area contributed by atoms with E-state index in [9.17, 15) is 18.0 Å². The van der Waals surface area contributed by atoms with E-state index in [-0.39, 0.29) is 18.4 Å². The summed E-state index contributed by atoms with van der Waals surface area (Å²) in [5.74, 6) is -0.0755. The minimum Gasteiger partial charge on any atom is -0.497 e. The number of rotatable bonds is 13. The van der Waals surface area contributed by atoms with Crippen LogP contribution in [0.2, 0.25) is 0 Å². The summed E-state index contributed by atoms with van der Waals surface area (Å²) in [6.07, 6.45) is 2.85. The zero-order valence-corrected chi connectivity index (χ0v) is 23.0. The number of methoxy groups -OCH3 is 1. The van der Waals surface area contributed by atoms with Gasteiger partial charge < -0.3 is 15.0 Å². The fourth-order valence-electron chi connectivity index (χ4n) is 3.88. The highest BCUT2D eigenvalue weighted by Gasteiger charge is 2.31. The predicted molar refractivity (Wildman–Crippen MR) is 144 cm³/mol. The molecule has 0 saturated heterocycles. The van der Waals surface area contributed by atoms with Crippen molar-refractivity contribution in [3.63, 3.8) is 0 Å². The lowest BCUT2D eigenvalue weighted by Crippen LogP contribution is -2.51. The van der Waals surface area contributed by atoms with E-state index in [1.807, 2.05) is 45.0 Å². The Balaban J connectivity index is 2.43. The smallest absolute Gasteiger partial charge is 0.244 e. The Morgan fingerprint density at radius 1 is 1.06 bits per heavy atom. The number of sulfonamides is 1. The average Bonchev–Trinajstić information content (AvgIpc) is 2.84. The monoisotopic (exact) mass is 517 g/mol. The maximum absolute atomic E-state index is 13.7. The van der Waals surface area contributed by atoms with Crippen molar-refractivity contribution in [3.8, 4) is 5.75 Å². The molecule has 0 spiro atoms. The fraction of sp³-hybridized carbons (Fsp3) is 0.481. The molecule has 9 heteroatoms. The third-order valence-electron chi connectivity index (χ3n) is 5.99. The first-order valence-electron chi connectivity index (χ1n) is 12.3. The number of nitrogens with one attached hydrogen (secondary N) is 1. The first kappa shape index (κ1) is 29.2. The van der Waals surface area contributed by atoms with Crippen LogP contribution in [0.5, 0.6) is 5.75 Å². The topological polar surface area (TPSA) is 96.0 Å². The average molecular weight is 518 g/mol. The first-order chi connectivity index (χ1) is 17.0. The van der Waals surface area contributed by atoms with Crippen molar-refractivity contribution in [1.82, 2.24) is 10.2 Å². The maximum Gasteiger partial charge on any atom is 0.244 e. The first-order valence-corrected chi connectivity index (χ1v) is 14.1. The standard InChI is InChI=1S/C27H39N3O5S/c1-7-8-16-28-27(32)21(4)29(18-22-12-11-13-23(17-22)35-5)26(31)19-30(36(6,33)34)25-15-10-9-14-24(25)20(2)3/h9-15,17,20-21H,7-8,16,18-19H2,1-6H3,(H,28,32)/t21-/m0/s1. The van der Waals surface area contributed by atoms with Crippen molar-refractivity contribution in [1.29, 1.82) is 0 Å². The van der Waals surface area contributed by atoms with Crippen LogP contribution in [0.15, 0.2) is 48.5 Å². The Morgan fingerprint density at radius 2 is 1.75 bits per heavy atom. The van der Waals surface area contributed by atoms with Crippen LogP contribution in [0.1, 0.15) is 57.6 Å². The molecule has 0 aliphatic heterocycles. The molecular formula is C27H39N3O5S. The molecule has 36 heavy (non-hydrogen) atoms. The Hall–Kier alpha value is -3.07. The highest BCUT2D eigenvalue weighted by Crippen LogP contribution is 2.29. The van der Waals surface area contributed by atoms with Crippen molar-refractivity contribution in [2.45, 2.75) is 59.0 Å². The highest BCUT2D eigenvalue weighted by atomic mass is 32.2. The van der Waals surface area contributed by atoms with Gasteiger partial charge in [-0.3, -0.25) is 13.9 Å². The molecule has 2 amide bonds. The van der Waals surface area contributed by atoms with Crippen LogP contribution >= 0.6 is 0 Å². The molecule has 2 rings (SSSR count). The number of nitrogens with zero attached hydrogens (tertiary/aromatic N) is 2. The molecule has 0 saturated carbocycles. The highest BCUT2D eigenvalue weighted by molar-refractivity contribution is 7.92. The molecule has 198 valence electrons. The van der Waals surface area contributed by atoms with E-state index in [2.05, 4.69) is 5.32 Å². The van der Waals surface area contributed by atoms with Gasteiger partial charge in [0.15, 0.2) is 0 Å². The summed E-state index contributed by atoms with van der Waals surface area (Å²) in [4.78, 5) is 28.0. The number of carbonyl (C=O) groups is 2. The number of hydrogen-bond acceptors (Lipinski definition) is 5. The van der Waals surface area contributed by atoms with Gasteiger partial charge in [-0.2, -0.15) is 0 Å². The summed E-state index contributed by atoms with van der Waals surface area (Å²) < 4.78 is 32.1. The van der Waals surface area contributed by atoms with Gasteiger partial charge >= 0.3 is 0 Å². The number of carbonyl (C=O) groups excluding carboxylic acids is 2. The van der Waals surface area contributed by atoms with Crippen molar-refractivity contribution in [2.24, 2.45) is 0 Å². The summed E-state index contributed by atoms with van der Waals surface area (Å²) in [6.45, 7) is 7.85. The van der Waals surface area contributed by atoms with E-state index < -0.39 is 28.5 Å². The lowest BCUT2D eigenvalue weighted by atomic mass is 10.0. The van der Waals surface area contributed by atoms with Gasteiger partial charge in [0.2, 0.25) is 21.8 Å². The van der Waals surface area contributed by atoms with Gasteiger partial charge in [-0.1, -0.05) is 57.5 Å². The van der Waals surface area contributed by atoms with Crippen LogP contribution in [0.4, 0.5) is 5.69 Å². The number of benzene rings is 2. The van der Waals surface area contributed by atoms with Crippen molar-refractivity contribution in [2.75, 3.05) is 30.8 Å². The molecule has 1 atom stereocenters. The Kier molecular flexibility index (Phi) is 10.8. The molecule has 8 nitrogen and oxygen atoms in total. The Bertz CT molecular complexity index is 1130. The molecule has 1 N–H and O–H groups in total. The van der Waals surface area contributed by atoms with Gasteiger partial charge in [0.25, 0.3) is 0 Å². The minimum atomic E-state index is -3.78. The molecular weight excluding hydrogens is 478 g/mol. The van der Waals surface area contributed by atoms with E-state index >= 15 is 0 Å². The molecule has 0 aliphatic carbocycles. The minimum absolute atomic E-state index is 0.0525. The van der Waals surface area contributed by atoms with Gasteiger partial charge in [-0.25, -0.2) is 8.42 Å². The molecule has 0 heterocycles. The van der Waals surface area contributed by atoms with Crippen molar-refractivity contribution >= 4 is 27.5 Å². The molecule has 0 aromatic heterocycles. The molecule has 0 unspecified atom stereocenters. The van der Waals surface area contributed by atoms with E-state index in [0.29, 0.717) is 18.0 Å². The molecule has 2 aromatic carbocycles. The van der Waals surface area contributed by atoms with Gasteiger partial charge in [-0.05, 0) is 48.6 Å². The second kappa shape index (κ2) is 13.3. The molecule has 2 aromatic rings. The van der Waals surface area contributed by atoms with Gasteiger partial charge in [0.1, 0.15) is 18.3 Å². The van der Waals surface area contributed by atoms with Gasteiger partial charge in [0.05, 0.1) is 19.1 Å². The molecule has 0 fully saturated rings. The van der Waals surface area contributed by atoms with E-state index in [1.165, 1.54) is 4.90 Å². The van der Waals surface area contributed by atoms with Crippen molar-refractivity contribution < 1.29 is 22.7 Å². The largest absolute Gasteiger partial charge is 0.497 e. The number of hydrogen-bond donors (Lipinski definition) is 1. The Labute approximate surface area is 215 Å². The lowest BCUT2D eigenvalue weighted by Gasteiger charge is -2.32. The number of unbranched alkanes of at least 4 members (excludes halogenated alkanes) is 1. The summed E-state index contributed by atoms with van der Waals surface area (Å²) >= 11 is 0. The quantitative estimate of drug-likeness (QED) is 0.406. The molecule has 0 radical (unpaired) electrons. The van der Waals surface area contributed by atoms with Crippen molar-refractivity contribution in [3.05, 3.63) is 59.7 Å². The van der Waals surface area contributed by atoms with Gasteiger partial charge in [0, 0.05) is 13.1 Å². The van der Waals surface area contributed by atoms with Crippen LogP contribution in [-0.2, 0) is 26.2 Å².